The summed E-state index contributed by atoms with van der Waals surface area (Å²) in [4.78, 5) is 12.1. The van der Waals surface area contributed by atoms with Gasteiger partial charge in [0.2, 0.25) is 5.91 Å². The number of nitrogens with two attached hydrogens (primary N) is 1. The number of carbonyl (C=O) groups excluding carboxylic acids is 1. The molecule has 0 saturated heterocycles. The summed E-state index contributed by atoms with van der Waals surface area (Å²) < 4.78 is 14.1. The van der Waals surface area contributed by atoms with Crippen molar-refractivity contribution in [3.8, 4) is 0 Å². The number of benzene rings is 1. The number of amides is 1. The highest BCUT2D eigenvalue weighted by Crippen LogP contribution is 2.28. The predicted octanol–water partition coefficient (Wildman–Crippen LogP) is 3.04. The largest absolute Gasteiger partial charge is 0.328 e. The van der Waals surface area contributed by atoms with Crippen molar-refractivity contribution in [3.63, 3.8) is 0 Å². The molecule has 98 valence electrons. The molecule has 1 fully saturated rings. The minimum absolute atomic E-state index is 0.0820. The highest BCUT2D eigenvalue weighted by atomic mass is 79.9. The molecule has 1 amide bonds. The standard InChI is InChI=1S/C13H16BrFN2O/c14-10-5-2-6-11(15)12(10)17-13(18)8-3-1-4-9(16)7-8/h2,5-6,8-9H,1,3-4,7,16H2,(H,17,18). The summed E-state index contributed by atoms with van der Waals surface area (Å²) in [6.07, 6.45) is 3.42. The van der Waals surface area contributed by atoms with Crippen LogP contribution in [0.2, 0.25) is 0 Å². The van der Waals surface area contributed by atoms with Gasteiger partial charge in [-0.15, -0.1) is 0 Å². The van der Waals surface area contributed by atoms with Crippen molar-refractivity contribution >= 4 is 27.5 Å². The number of nitrogens with one attached hydrogen (secondary N) is 1. The van der Waals surface area contributed by atoms with Gasteiger partial charge in [0.25, 0.3) is 0 Å². The van der Waals surface area contributed by atoms with Crippen LogP contribution in [0, 0.1) is 11.7 Å². The van der Waals surface area contributed by atoms with Gasteiger partial charge in [0.05, 0.1) is 5.69 Å². The second-order valence-electron chi connectivity index (χ2n) is 4.71. The van der Waals surface area contributed by atoms with E-state index in [1.54, 1.807) is 12.1 Å². The molecule has 2 atom stereocenters. The van der Waals surface area contributed by atoms with Gasteiger partial charge in [0, 0.05) is 16.4 Å². The molecular weight excluding hydrogens is 299 g/mol. The second kappa shape index (κ2) is 5.80. The molecule has 0 radical (unpaired) electrons. The fourth-order valence-corrected chi connectivity index (χ4v) is 2.75. The van der Waals surface area contributed by atoms with E-state index < -0.39 is 5.82 Å². The SMILES string of the molecule is NC1CCCC(C(=O)Nc2c(F)cccc2Br)C1. The van der Waals surface area contributed by atoms with Crippen LogP contribution in [0.1, 0.15) is 25.7 Å². The molecule has 0 bridgehead atoms. The van der Waals surface area contributed by atoms with Crippen LogP contribution in [0.15, 0.2) is 22.7 Å². The summed E-state index contributed by atoms with van der Waals surface area (Å²) in [5.74, 6) is -0.686. The molecule has 0 aliphatic heterocycles. The van der Waals surface area contributed by atoms with Gasteiger partial charge in [-0.3, -0.25) is 4.79 Å². The molecule has 3 nitrogen and oxygen atoms in total. The van der Waals surface area contributed by atoms with Crippen molar-refractivity contribution in [1.82, 2.24) is 0 Å². The lowest BCUT2D eigenvalue weighted by Gasteiger charge is -2.25. The van der Waals surface area contributed by atoms with E-state index in [4.69, 9.17) is 5.73 Å². The van der Waals surface area contributed by atoms with Crippen LogP contribution >= 0.6 is 15.9 Å². The molecule has 2 rings (SSSR count). The Kier molecular flexibility index (Phi) is 4.35. The lowest BCUT2D eigenvalue weighted by atomic mass is 9.85. The quantitative estimate of drug-likeness (QED) is 0.881. The molecule has 2 unspecified atom stereocenters. The van der Waals surface area contributed by atoms with Gasteiger partial charge >= 0.3 is 0 Å². The average Bonchev–Trinajstić information content (AvgIpc) is 2.34. The number of carbonyl (C=O) groups is 1. The van der Waals surface area contributed by atoms with Gasteiger partial charge in [-0.2, -0.15) is 0 Å². The minimum atomic E-state index is -0.433. The Morgan fingerprint density at radius 1 is 1.44 bits per heavy atom. The topological polar surface area (TPSA) is 55.1 Å². The third kappa shape index (κ3) is 3.09. The van der Waals surface area contributed by atoms with E-state index in [0.29, 0.717) is 10.9 Å². The second-order valence-corrected chi connectivity index (χ2v) is 5.56. The van der Waals surface area contributed by atoms with Crippen LogP contribution in [0.3, 0.4) is 0 Å². The van der Waals surface area contributed by atoms with Gasteiger partial charge < -0.3 is 11.1 Å². The van der Waals surface area contributed by atoms with Crippen LogP contribution in [0.5, 0.6) is 0 Å². The maximum absolute atomic E-state index is 13.6. The van der Waals surface area contributed by atoms with Gasteiger partial charge in [-0.1, -0.05) is 12.5 Å². The predicted molar refractivity (Wildman–Crippen MR) is 72.7 cm³/mol. The minimum Gasteiger partial charge on any atom is -0.328 e. The zero-order valence-corrected chi connectivity index (χ0v) is 11.5. The highest BCUT2D eigenvalue weighted by Gasteiger charge is 2.26. The summed E-state index contributed by atoms with van der Waals surface area (Å²) in [6.45, 7) is 0. The summed E-state index contributed by atoms with van der Waals surface area (Å²) in [5.41, 5.74) is 6.06. The molecule has 5 heteroatoms. The maximum Gasteiger partial charge on any atom is 0.227 e. The molecule has 0 heterocycles. The first kappa shape index (κ1) is 13.5. The summed E-state index contributed by atoms with van der Waals surface area (Å²) in [7, 11) is 0. The van der Waals surface area contributed by atoms with E-state index in [2.05, 4.69) is 21.2 Å². The number of hydrogen-bond acceptors (Lipinski definition) is 2. The van der Waals surface area contributed by atoms with Gasteiger partial charge in [-0.25, -0.2) is 4.39 Å². The Balaban J connectivity index is 2.07. The Labute approximate surface area is 114 Å². The zero-order chi connectivity index (χ0) is 13.1. The lowest BCUT2D eigenvalue weighted by molar-refractivity contribution is -0.120. The van der Waals surface area contributed by atoms with Crippen LogP contribution in [0.4, 0.5) is 10.1 Å². The fraction of sp³-hybridized carbons (Fsp3) is 0.462. The van der Waals surface area contributed by atoms with Crippen molar-refractivity contribution in [3.05, 3.63) is 28.5 Å². The lowest BCUT2D eigenvalue weighted by Crippen LogP contribution is -2.34. The first-order chi connectivity index (χ1) is 8.58. The number of halogens is 2. The highest BCUT2D eigenvalue weighted by molar-refractivity contribution is 9.10. The normalized spacial score (nSPS) is 23.7. The van der Waals surface area contributed by atoms with Crippen LogP contribution in [-0.2, 0) is 4.79 Å². The average molecular weight is 315 g/mol. The zero-order valence-electron chi connectivity index (χ0n) is 9.96. The number of hydrogen-bond donors (Lipinski definition) is 2. The Hall–Kier alpha value is -0.940. The van der Waals surface area contributed by atoms with E-state index in [1.165, 1.54) is 6.07 Å². The summed E-state index contributed by atoms with van der Waals surface area (Å²) in [5, 5.41) is 2.65. The monoisotopic (exact) mass is 314 g/mol. The van der Waals surface area contributed by atoms with Crippen molar-refractivity contribution in [2.45, 2.75) is 31.7 Å². The van der Waals surface area contributed by atoms with E-state index in [-0.39, 0.29) is 23.6 Å². The van der Waals surface area contributed by atoms with Gasteiger partial charge in [-0.05, 0) is 47.3 Å². The number of rotatable bonds is 2. The van der Waals surface area contributed by atoms with Crippen molar-refractivity contribution in [1.29, 1.82) is 0 Å². The maximum atomic E-state index is 13.6. The molecule has 1 aromatic carbocycles. The van der Waals surface area contributed by atoms with Crippen molar-refractivity contribution in [2.75, 3.05) is 5.32 Å². The van der Waals surface area contributed by atoms with Crippen molar-refractivity contribution in [2.24, 2.45) is 11.7 Å². The summed E-state index contributed by atoms with van der Waals surface area (Å²) >= 11 is 3.23. The molecule has 1 aromatic rings. The third-order valence-corrected chi connectivity index (χ3v) is 3.96. The Morgan fingerprint density at radius 2 is 2.22 bits per heavy atom. The first-order valence-electron chi connectivity index (χ1n) is 6.08. The van der Waals surface area contributed by atoms with Gasteiger partial charge in [0.1, 0.15) is 5.82 Å². The van der Waals surface area contributed by atoms with Crippen LogP contribution in [-0.4, -0.2) is 11.9 Å². The number of anilines is 1. The van der Waals surface area contributed by atoms with E-state index in [0.717, 1.165) is 19.3 Å². The van der Waals surface area contributed by atoms with Crippen LogP contribution in [0.25, 0.3) is 0 Å². The molecule has 0 aromatic heterocycles. The van der Waals surface area contributed by atoms with Crippen LogP contribution < -0.4 is 11.1 Å². The molecule has 0 spiro atoms. The molecule has 1 saturated carbocycles. The Bertz CT molecular complexity index is 432. The molecule has 18 heavy (non-hydrogen) atoms. The molecule has 1 aliphatic carbocycles. The first-order valence-corrected chi connectivity index (χ1v) is 6.87. The smallest absolute Gasteiger partial charge is 0.227 e. The van der Waals surface area contributed by atoms with Gasteiger partial charge in [0.15, 0.2) is 0 Å². The molecule has 1 aliphatic rings. The summed E-state index contributed by atoms with van der Waals surface area (Å²) in [6, 6.07) is 4.70. The number of para-hydroxylation sites is 1. The Morgan fingerprint density at radius 3 is 2.89 bits per heavy atom. The van der Waals surface area contributed by atoms with E-state index in [9.17, 15) is 9.18 Å². The molecular formula is C13H16BrFN2O. The van der Waals surface area contributed by atoms with E-state index >= 15 is 0 Å². The third-order valence-electron chi connectivity index (χ3n) is 3.30. The fourth-order valence-electron chi connectivity index (χ4n) is 2.31. The van der Waals surface area contributed by atoms with E-state index in [1.807, 2.05) is 0 Å². The van der Waals surface area contributed by atoms with Crippen molar-refractivity contribution < 1.29 is 9.18 Å². The molecule has 3 N–H and O–H groups in total.